The lowest BCUT2D eigenvalue weighted by molar-refractivity contribution is -0.137. The van der Waals surface area contributed by atoms with Gasteiger partial charge < -0.3 is 10.1 Å². The molecule has 19 heavy (non-hydrogen) atoms. The fourth-order valence-electron chi connectivity index (χ4n) is 1.95. The number of nitrogens with one attached hydrogen (secondary N) is 1. The molecule has 104 valence electrons. The van der Waals surface area contributed by atoms with E-state index < -0.39 is 23.1 Å². The van der Waals surface area contributed by atoms with Gasteiger partial charge in [-0.3, -0.25) is 4.79 Å². The van der Waals surface area contributed by atoms with Crippen molar-refractivity contribution in [2.75, 3.05) is 19.7 Å². The number of carbonyl (C=O) groups excluding carboxylic acids is 1. The molecular weight excluding hydrogens is 283 g/mol. The molecule has 2 rings (SSSR count). The predicted molar refractivity (Wildman–Crippen MR) is 63.2 cm³/mol. The monoisotopic (exact) mass is 293 g/mol. The highest BCUT2D eigenvalue weighted by Crippen LogP contribution is 2.33. The van der Waals surface area contributed by atoms with Gasteiger partial charge in [0.05, 0.1) is 18.3 Å². The SMILES string of the molecule is O=C(Cl)c1cc(C(F)(F)F)ccc1C1CNCCO1. The van der Waals surface area contributed by atoms with Crippen molar-refractivity contribution in [1.82, 2.24) is 5.32 Å². The Kier molecular flexibility index (Phi) is 4.13. The van der Waals surface area contributed by atoms with E-state index in [0.29, 0.717) is 25.3 Å². The molecule has 0 amide bonds. The molecule has 1 atom stereocenters. The van der Waals surface area contributed by atoms with Crippen molar-refractivity contribution in [3.63, 3.8) is 0 Å². The molecule has 1 aromatic rings. The number of carbonyl (C=O) groups is 1. The lowest BCUT2D eigenvalue weighted by atomic mass is 9.99. The molecule has 0 bridgehead atoms. The zero-order valence-electron chi connectivity index (χ0n) is 9.76. The number of hydrogen-bond donors (Lipinski definition) is 1. The highest BCUT2D eigenvalue weighted by atomic mass is 35.5. The molecule has 0 aliphatic carbocycles. The number of rotatable bonds is 2. The van der Waals surface area contributed by atoms with Crippen molar-refractivity contribution >= 4 is 16.8 Å². The van der Waals surface area contributed by atoms with Gasteiger partial charge in [-0.15, -0.1) is 0 Å². The van der Waals surface area contributed by atoms with E-state index in [-0.39, 0.29) is 5.56 Å². The Morgan fingerprint density at radius 2 is 2.16 bits per heavy atom. The summed E-state index contributed by atoms with van der Waals surface area (Å²) in [6, 6.07) is 2.94. The Morgan fingerprint density at radius 3 is 2.68 bits per heavy atom. The summed E-state index contributed by atoms with van der Waals surface area (Å²) in [5.41, 5.74) is -0.686. The van der Waals surface area contributed by atoms with E-state index in [1.165, 1.54) is 6.07 Å². The summed E-state index contributed by atoms with van der Waals surface area (Å²) in [4.78, 5) is 11.3. The van der Waals surface area contributed by atoms with Crippen LogP contribution in [0.25, 0.3) is 0 Å². The predicted octanol–water partition coefficient (Wildman–Crippen LogP) is 2.75. The van der Waals surface area contributed by atoms with Crippen LogP contribution in [-0.4, -0.2) is 24.9 Å². The van der Waals surface area contributed by atoms with Crippen molar-refractivity contribution in [2.24, 2.45) is 0 Å². The Hall–Kier alpha value is -1.11. The number of hydrogen-bond acceptors (Lipinski definition) is 3. The van der Waals surface area contributed by atoms with E-state index in [1.807, 2.05) is 0 Å². The molecule has 1 aliphatic heterocycles. The maximum absolute atomic E-state index is 12.6. The summed E-state index contributed by atoms with van der Waals surface area (Å²) in [7, 11) is 0. The van der Waals surface area contributed by atoms with Crippen molar-refractivity contribution in [3.8, 4) is 0 Å². The third-order valence-corrected chi connectivity index (χ3v) is 3.07. The van der Waals surface area contributed by atoms with Crippen LogP contribution < -0.4 is 5.32 Å². The minimum atomic E-state index is -4.51. The second-order valence-electron chi connectivity index (χ2n) is 4.14. The van der Waals surface area contributed by atoms with Gasteiger partial charge in [0.2, 0.25) is 0 Å². The van der Waals surface area contributed by atoms with E-state index in [0.717, 1.165) is 12.1 Å². The van der Waals surface area contributed by atoms with Crippen molar-refractivity contribution in [3.05, 3.63) is 34.9 Å². The van der Waals surface area contributed by atoms with Gasteiger partial charge in [0.25, 0.3) is 5.24 Å². The van der Waals surface area contributed by atoms with Gasteiger partial charge in [0.15, 0.2) is 0 Å². The van der Waals surface area contributed by atoms with Gasteiger partial charge in [-0.1, -0.05) is 6.07 Å². The van der Waals surface area contributed by atoms with E-state index in [1.54, 1.807) is 0 Å². The number of alkyl halides is 3. The molecule has 1 heterocycles. The molecule has 7 heteroatoms. The van der Waals surface area contributed by atoms with Crippen LogP contribution in [-0.2, 0) is 10.9 Å². The quantitative estimate of drug-likeness (QED) is 0.852. The average molecular weight is 294 g/mol. The second kappa shape index (κ2) is 5.48. The molecule has 3 nitrogen and oxygen atoms in total. The number of ether oxygens (including phenoxy) is 1. The number of benzene rings is 1. The van der Waals surface area contributed by atoms with Crippen molar-refractivity contribution in [2.45, 2.75) is 12.3 Å². The highest BCUT2D eigenvalue weighted by Gasteiger charge is 2.32. The van der Waals surface area contributed by atoms with Gasteiger partial charge >= 0.3 is 6.18 Å². The Balaban J connectivity index is 2.40. The lowest BCUT2D eigenvalue weighted by Gasteiger charge is -2.25. The van der Waals surface area contributed by atoms with Crippen LogP contribution in [0.3, 0.4) is 0 Å². The molecule has 1 aliphatic rings. The maximum Gasteiger partial charge on any atom is 0.416 e. The summed E-state index contributed by atoms with van der Waals surface area (Å²) in [6.45, 7) is 1.53. The standard InChI is InChI=1S/C12H11ClF3NO2/c13-11(18)9-5-7(12(14,15)16)1-2-8(9)10-6-17-3-4-19-10/h1-2,5,10,17H,3-4,6H2. The fourth-order valence-corrected chi connectivity index (χ4v) is 2.11. The van der Waals surface area contributed by atoms with E-state index in [2.05, 4.69) is 5.32 Å². The third-order valence-electron chi connectivity index (χ3n) is 2.87. The first-order valence-electron chi connectivity index (χ1n) is 5.63. The fraction of sp³-hybridized carbons (Fsp3) is 0.417. The topological polar surface area (TPSA) is 38.3 Å². The molecule has 1 unspecified atom stereocenters. The van der Waals surface area contributed by atoms with Crippen molar-refractivity contribution < 1.29 is 22.7 Å². The zero-order valence-corrected chi connectivity index (χ0v) is 10.5. The van der Waals surface area contributed by atoms with Gasteiger partial charge in [-0.2, -0.15) is 13.2 Å². The minimum absolute atomic E-state index is 0.162. The average Bonchev–Trinajstić information content (AvgIpc) is 2.38. The van der Waals surface area contributed by atoms with E-state index >= 15 is 0 Å². The normalized spacial score (nSPS) is 20.3. The van der Waals surface area contributed by atoms with Crippen LogP contribution in [0, 0.1) is 0 Å². The molecule has 0 spiro atoms. The molecule has 1 aromatic carbocycles. The molecule has 1 N–H and O–H groups in total. The van der Waals surface area contributed by atoms with Crippen LogP contribution >= 0.6 is 11.6 Å². The number of morpholine rings is 1. The summed E-state index contributed by atoms with van der Waals surface area (Å²) in [6.07, 6.45) is -4.97. The van der Waals surface area contributed by atoms with Gasteiger partial charge in [0.1, 0.15) is 0 Å². The van der Waals surface area contributed by atoms with Gasteiger partial charge in [-0.25, -0.2) is 0 Å². The first-order chi connectivity index (χ1) is 8.89. The first kappa shape index (κ1) is 14.3. The maximum atomic E-state index is 12.6. The molecule has 1 fully saturated rings. The molecule has 0 saturated carbocycles. The first-order valence-corrected chi connectivity index (χ1v) is 6.00. The summed E-state index contributed by atoms with van der Waals surface area (Å²) < 4.78 is 43.2. The summed E-state index contributed by atoms with van der Waals surface area (Å²) in [5, 5.41) is 2.12. The molecule has 0 radical (unpaired) electrons. The Bertz CT molecular complexity index is 484. The summed E-state index contributed by atoms with van der Waals surface area (Å²) >= 11 is 5.37. The van der Waals surface area contributed by atoms with Gasteiger partial charge in [0, 0.05) is 18.7 Å². The minimum Gasteiger partial charge on any atom is -0.371 e. The van der Waals surface area contributed by atoms with Crippen LogP contribution in [0.4, 0.5) is 13.2 Å². The van der Waals surface area contributed by atoms with Crippen LogP contribution in [0.15, 0.2) is 18.2 Å². The second-order valence-corrected chi connectivity index (χ2v) is 4.48. The van der Waals surface area contributed by atoms with Crippen molar-refractivity contribution in [1.29, 1.82) is 0 Å². The number of halogens is 4. The van der Waals surface area contributed by atoms with E-state index in [4.69, 9.17) is 16.3 Å². The van der Waals surface area contributed by atoms with E-state index in [9.17, 15) is 18.0 Å². The van der Waals surface area contributed by atoms with Crippen LogP contribution in [0.2, 0.25) is 0 Å². The van der Waals surface area contributed by atoms with Crippen LogP contribution in [0.1, 0.15) is 27.6 Å². The smallest absolute Gasteiger partial charge is 0.371 e. The Labute approximate surface area is 112 Å². The lowest BCUT2D eigenvalue weighted by Crippen LogP contribution is -2.34. The largest absolute Gasteiger partial charge is 0.416 e. The highest BCUT2D eigenvalue weighted by molar-refractivity contribution is 6.67. The van der Waals surface area contributed by atoms with Crippen LogP contribution in [0.5, 0.6) is 0 Å². The zero-order chi connectivity index (χ0) is 14.0. The summed E-state index contributed by atoms with van der Waals surface area (Å²) in [5.74, 6) is 0. The Morgan fingerprint density at radius 1 is 1.42 bits per heavy atom. The molecule has 1 saturated heterocycles. The molecular formula is C12H11ClF3NO2. The third kappa shape index (κ3) is 3.26. The van der Waals surface area contributed by atoms with Gasteiger partial charge in [-0.05, 0) is 29.3 Å². The molecule has 0 aromatic heterocycles.